The number of urea groups is 1. The normalized spacial score (nSPS) is 22.1. The second kappa shape index (κ2) is 6.76. The fourth-order valence-electron chi connectivity index (χ4n) is 2.59. The summed E-state index contributed by atoms with van der Waals surface area (Å²) in [6, 6.07) is 3.02. The molecule has 128 valence electrons. The lowest BCUT2D eigenvalue weighted by atomic mass is 9.95. The van der Waals surface area contributed by atoms with Gasteiger partial charge in [0, 0.05) is 31.3 Å². The van der Waals surface area contributed by atoms with Crippen LogP contribution in [0.3, 0.4) is 0 Å². The lowest BCUT2D eigenvalue weighted by Crippen LogP contribution is -2.49. The van der Waals surface area contributed by atoms with Gasteiger partial charge in [0.05, 0.1) is 11.7 Å². The number of hydrogen-bond donors (Lipinski definition) is 3. The number of hydrogen-bond acceptors (Lipinski definition) is 3. The summed E-state index contributed by atoms with van der Waals surface area (Å²) in [5.41, 5.74) is -0.671. The maximum absolute atomic E-state index is 12.9. The number of nitrogens with one attached hydrogen (secondary N) is 1. The summed E-state index contributed by atoms with van der Waals surface area (Å²) in [6.45, 7) is 1.55. The van der Waals surface area contributed by atoms with Crippen molar-refractivity contribution in [2.24, 2.45) is 5.92 Å². The molecule has 0 bridgehead atoms. The Bertz CT molecular complexity index is 578. The van der Waals surface area contributed by atoms with Gasteiger partial charge in [0.25, 0.3) is 0 Å². The maximum Gasteiger partial charge on any atom is 0.416 e. The average molecular weight is 332 g/mol. The predicted molar refractivity (Wildman–Crippen MR) is 78.0 cm³/mol. The number of halogens is 3. The molecule has 0 aliphatic carbocycles. The summed E-state index contributed by atoms with van der Waals surface area (Å²) in [6.07, 6.45) is -4.89. The van der Waals surface area contributed by atoms with E-state index in [1.807, 2.05) is 0 Å². The van der Waals surface area contributed by atoms with Crippen molar-refractivity contribution < 1.29 is 28.2 Å². The van der Waals surface area contributed by atoms with Crippen molar-refractivity contribution >= 4 is 11.7 Å². The zero-order chi connectivity index (χ0) is 17.2. The Balaban J connectivity index is 2.06. The van der Waals surface area contributed by atoms with Gasteiger partial charge in [-0.15, -0.1) is 0 Å². The first-order chi connectivity index (χ1) is 10.7. The molecule has 2 atom stereocenters. The van der Waals surface area contributed by atoms with Crippen LogP contribution in [-0.2, 0) is 6.18 Å². The second-order valence-corrected chi connectivity index (χ2v) is 5.70. The van der Waals surface area contributed by atoms with E-state index in [-0.39, 0.29) is 30.3 Å². The summed E-state index contributed by atoms with van der Waals surface area (Å²) in [5, 5.41) is 21.3. The number of benzene rings is 1. The van der Waals surface area contributed by atoms with Gasteiger partial charge in [-0.25, -0.2) is 4.79 Å². The molecule has 1 fully saturated rings. The summed E-state index contributed by atoms with van der Waals surface area (Å²) in [4.78, 5) is 13.4. The molecule has 0 radical (unpaired) electrons. The molecule has 23 heavy (non-hydrogen) atoms. The fraction of sp³-hybridized carbons (Fsp3) is 0.533. The number of amides is 2. The number of β-amino-alcohol motifs (C(OH)–C–C–N with tert-alkyl or cyclic N) is 1. The van der Waals surface area contributed by atoms with E-state index in [2.05, 4.69) is 5.32 Å². The number of rotatable bonds is 2. The highest BCUT2D eigenvalue weighted by atomic mass is 19.4. The zero-order valence-electron chi connectivity index (χ0n) is 12.6. The van der Waals surface area contributed by atoms with E-state index >= 15 is 0 Å². The molecule has 2 unspecified atom stereocenters. The van der Waals surface area contributed by atoms with Crippen molar-refractivity contribution in [3.63, 3.8) is 0 Å². The molecule has 8 heteroatoms. The number of aliphatic hydroxyl groups excluding tert-OH is 2. The van der Waals surface area contributed by atoms with E-state index in [9.17, 15) is 23.1 Å². The maximum atomic E-state index is 12.9. The number of likely N-dealkylation sites (tertiary alicyclic amines) is 1. The molecular weight excluding hydrogens is 313 g/mol. The summed E-state index contributed by atoms with van der Waals surface area (Å²) < 4.78 is 38.6. The van der Waals surface area contributed by atoms with Crippen molar-refractivity contribution in [2.75, 3.05) is 25.0 Å². The van der Waals surface area contributed by atoms with Crippen molar-refractivity contribution in [3.05, 3.63) is 29.3 Å². The summed E-state index contributed by atoms with van der Waals surface area (Å²) in [5.74, 6) is -0.282. The highest BCUT2D eigenvalue weighted by molar-refractivity contribution is 5.89. The summed E-state index contributed by atoms with van der Waals surface area (Å²) in [7, 11) is 0. The molecule has 1 aliphatic rings. The Morgan fingerprint density at radius 1 is 1.43 bits per heavy atom. The van der Waals surface area contributed by atoms with Crippen LogP contribution in [0.2, 0.25) is 0 Å². The lowest BCUT2D eigenvalue weighted by Gasteiger charge is -2.35. The molecule has 0 spiro atoms. The van der Waals surface area contributed by atoms with Gasteiger partial charge < -0.3 is 20.4 Å². The van der Waals surface area contributed by atoms with Crippen LogP contribution in [0, 0.1) is 12.8 Å². The van der Waals surface area contributed by atoms with E-state index in [0.29, 0.717) is 13.0 Å². The van der Waals surface area contributed by atoms with Crippen molar-refractivity contribution in [2.45, 2.75) is 25.6 Å². The monoisotopic (exact) mass is 332 g/mol. The minimum Gasteiger partial charge on any atom is -0.396 e. The van der Waals surface area contributed by atoms with Crippen LogP contribution in [0.4, 0.5) is 23.7 Å². The van der Waals surface area contributed by atoms with Gasteiger partial charge >= 0.3 is 12.2 Å². The van der Waals surface area contributed by atoms with Crippen LogP contribution < -0.4 is 5.32 Å². The Labute approximate surface area is 131 Å². The Morgan fingerprint density at radius 3 is 2.70 bits per heavy atom. The third kappa shape index (κ3) is 4.14. The SMILES string of the molecule is Cc1ccc(NC(=O)N2CCC(CO)C(O)C2)cc1C(F)(F)F. The molecule has 1 heterocycles. The van der Waals surface area contributed by atoms with E-state index < -0.39 is 23.9 Å². The van der Waals surface area contributed by atoms with Crippen LogP contribution in [0.25, 0.3) is 0 Å². The molecule has 2 rings (SSSR count). The van der Waals surface area contributed by atoms with Crippen molar-refractivity contribution in [1.82, 2.24) is 4.90 Å². The summed E-state index contributed by atoms with van der Waals surface area (Å²) >= 11 is 0. The molecule has 3 N–H and O–H groups in total. The number of carbonyl (C=O) groups excluding carboxylic acids is 1. The Hall–Kier alpha value is -1.80. The van der Waals surface area contributed by atoms with Crippen LogP contribution >= 0.6 is 0 Å². The first kappa shape index (κ1) is 17.6. The van der Waals surface area contributed by atoms with Crippen molar-refractivity contribution in [3.8, 4) is 0 Å². The Morgan fingerprint density at radius 2 is 2.13 bits per heavy atom. The van der Waals surface area contributed by atoms with E-state index in [4.69, 9.17) is 5.11 Å². The highest BCUT2D eigenvalue weighted by Gasteiger charge is 2.33. The van der Waals surface area contributed by atoms with Crippen molar-refractivity contribution in [1.29, 1.82) is 0 Å². The smallest absolute Gasteiger partial charge is 0.396 e. The van der Waals surface area contributed by atoms with Gasteiger partial charge in [0.2, 0.25) is 0 Å². The molecule has 1 aromatic carbocycles. The van der Waals surface area contributed by atoms with Crippen LogP contribution in [0.15, 0.2) is 18.2 Å². The minimum absolute atomic E-state index is 0.0368. The third-order valence-corrected chi connectivity index (χ3v) is 4.04. The third-order valence-electron chi connectivity index (χ3n) is 4.04. The van der Waals surface area contributed by atoms with Gasteiger partial charge in [-0.3, -0.25) is 0 Å². The minimum atomic E-state index is -4.49. The molecule has 1 saturated heterocycles. The zero-order valence-corrected chi connectivity index (χ0v) is 12.6. The highest BCUT2D eigenvalue weighted by Crippen LogP contribution is 2.33. The van der Waals surface area contributed by atoms with Gasteiger partial charge in [-0.05, 0) is 31.0 Å². The molecule has 0 saturated carbocycles. The van der Waals surface area contributed by atoms with Gasteiger partial charge in [-0.2, -0.15) is 13.2 Å². The quantitative estimate of drug-likeness (QED) is 0.777. The largest absolute Gasteiger partial charge is 0.416 e. The van der Waals surface area contributed by atoms with E-state index in [1.54, 1.807) is 0 Å². The molecule has 0 aromatic heterocycles. The number of anilines is 1. The number of aliphatic hydroxyl groups is 2. The van der Waals surface area contributed by atoms with Crippen LogP contribution in [0.5, 0.6) is 0 Å². The van der Waals surface area contributed by atoms with Gasteiger partial charge in [0.1, 0.15) is 0 Å². The lowest BCUT2D eigenvalue weighted by molar-refractivity contribution is -0.138. The topological polar surface area (TPSA) is 72.8 Å². The number of piperidine rings is 1. The van der Waals surface area contributed by atoms with Crippen LogP contribution in [0.1, 0.15) is 17.5 Å². The van der Waals surface area contributed by atoms with Gasteiger partial charge in [0.15, 0.2) is 0 Å². The number of alkyl halides is 3. The standard InChI is InChI=1S/C15H19F3N2O3/c1-9-2-3-11(6-12(9)15(16,17)18)19-14(23)20-5-4-10(8-21)13(22)7-20/h2-3,6,10,13,21-22H,4-5,7-8H2,1H3,(H,19,23). The molecule has 1 aliphatic heterocycles. The number of carbonyl (C=O) groups is 1. The van der Waals surface area contributed by atoms with Gasteiger partial charge in [-0.1, -0.05) is 6.07 Å². The second-order valence-electron chi connectivity index (χ2n) is 5.70. The Kier molecular flexibility index (Phi) is 5.16. The molecule has 2 amide bonds. The average Bonchev–Trinajstić information content (AvgIpc) is 2.48. The first-order valence-electron chi connectivity index (χ1n) is 7.25. The first-order valence-corrected chi connectivity index (χ1v) is 7.25. The van der Waals surface area contributed by atoms with E-state index in [1.165, 1.54) is 24.0 Å². The van der Waals surface area contributed by atoms with E-state index in [0.717, 1.165) is 6.07 Å². The molecule has 1 aromatic rings. The number of nitrogens with zero attached hydrogens (tertiary/aromatic N) is 1. The molecular formula is C15H19F3N2O3. The number of aryl methyl sites for hydroxylation is 1. The molecule has 5 nitrogen and oxygen atoms in total. The van der Waals surface area contributed by atoms with Crippen LogP contribution in [-0.4, -0.2) is 46.9 Å². The fourth-order valence-corrected chi connectivity index (χ4v) is 2.59. The predicted octanol–water partition coefficient (Wildman–Crippen LogP) is 2.22.